The van der Waals surface area contributed by atoms with Gasteiger partial charge in [0.15, 0.2) is 0 Å². The number of rotatable bonds is 7. The summed E-state index contributed by atoms with van der Waals surface area (Å²) in [6, 6.07) is 11.2. The van der Waals surface area contributed by atoms with Crippen LogP contribution in [0.3, 0.4) is 0 Å². The van der Waals surface area contributed by atoms with E-state index in [1.165, 1.54) is 59.0 Å². The summed E-state index contributed by atoms with van der Waals surface area (Å²) in [5, 5.41) is 9.17. The van der Waals surface area contributed by atoms with E-state index >= 15 is 0 Å². The third kappa shape index (κ3) is 5.23. The topological polar surface area (TPSA) is 151 Å². The van der Waals surface area contributed by atoms with Crippen LogP contribution in [0, 0.1) is 0 Å². The van der Waals surface area contributed by atoms with E-state index in [4.69, 9.17) is 16.3 Å². The van der Waals surface area contributed by atoms with Crippen molar-refractivity contribution in [2.75, 3.05) is 36.3 Å². The number of aromatic nitrogens is 2. The number of nitrogens with one attached hydrogen (secondary N) is 3. The van der Waals surface area contributed by atoms with E-state index in [2.05, 4.69) is 20.2 Å². The third-order valence-electron chi connectivity index (χ3n) is 4.96. The van der Waals surface area contributed by atoms with Crippen LogP contribution in [0.5, 0.6) is 0 Å². The zero-order valence-electron chi connectivity index (χ0n) is 17.6. The first-order chi connectivity index (χ1) is 16.2. The van der Waals surface area contributed by atoms with Crippen LogP contribution in [0.1, 0.15) is 10.4 Å². The molecule has 0 atom stereocenters. The Labute approximate surface area is 201 Å². The number of hydrogen-bond acceptors (Lipinski definition) is 7. The quantitative estimate of drug-likeness (QED) is 0.427. The summed E-state index contributed by atoms with van der Waals surface area (Å²) in [6.07, 6.45) is 1.17. The van der Waals surface area contributed by atoms with Crippen molar-refractivity contribution in [3.05, 3.63) is 65.3 Å². The lowest BCUT2D eigenvalue weighted by Gasteiger charge is -2.26. The number of amides is 1. The van der Waals surface area contributed by atoms with Crippen molar-refractivity contribution in [1.82, 2.24) is 14.5 Å². The van der Waals surface area contributed by atoms with Crippen LogP contribution in [-0.4, -0.2) is 63.5 Å². The summed E-state index contributed by atoms with van der Waals surface area (Å²) in [5.41, 5.74) is 0.265. The highest BCUT2D eigenvalue weighted by Crippen LogP contribution is 2.22. The van der Waals surface area contributed by atoms with Gasteiger partial charge >= 0.3 is 0 Å². The molecule has 14 heteroatoms. The van der Waals surface area contributed by atoms with Crippen molar-refractivity contribution in [2.45, 2.75) is 9.79 Å². The maximum atomic E-state index is 12.7. The number of ether oxygens (including phenoxy) is 1. The molecule has 3 aromatic rings. The SMILES string of the molecule is O=C(Nc1ccc(S(=O)(=O)N2CCOCC2)cc1)c1cn[nH]c1NS(=O)(=O)c1ccc(Cl)cc1. The van der Waals surface area contributed by atoms with Gasteiger partial charge in [-0.3, -0.25) is 14.6 Å². The fourth-order valence-corrected chi connectivity index (χ4v) is 5.76. The van der Waals surface area contributed by atoms with Gasteiger partial charge in [-0.05, 0) is 48.5 Å². The molecular formula is C20H20ClN5O6S2. The van der Waals surface area contributed by atoms with Gasteiger partial charge in [0, 0.05) is 23.8 Å². The van der Waals surface area contributed by atoms with Gasteiger partial charge in [-0.1, -0.05) is 11.6 Å². The Morgan fingerprint density at radius 2 is 1.59 bits per heavy atom. The van der Waals surface area contributed by atoms with E-state index in [0.29, 0.717) is 23.9 Å². The molecule has 0 aliphatic carbocycles. The molecule has 180 valence electrons. The van der Waals surface area contributed by atoms with E-state index < -0.39 is 26.0 Å². The molecule has 0 radical (unpaired) electrons. The summed E-state index contributed by atoms with van der Waals surface area (Å²) in [6.45, 7) is 1.22. The Morgan fingerprint density at radius 3 is 2.24 bits per heavy atom. The molecule has 0 unspecified atom stereocenters. The standard InChI is InChI=1S/C20H20ClN5O6S2/c21-14-1-5-16(6-2-14)33(28,29)25-19-18(13-22-24-19)20(27)23-15-3-7-17(8-4-15)34(30,31)26-9-11-32-12-10-26/h1-8,13H,9-12H2,(H,23,27)(H2,22,24,25). The number of anilines is 2. The number of hydrogen-bond donors (Lipinski definition) is 3. The van der Waals surface area contributed by atoms with Gasteiger partial charge < -0.3 is 10.1 Å². The van der Waals surface area contributed by atoms with Crippen LogP contribution >= 0.6 is 11.6 Å². The Bertz CT molecular complexity index is 1380. The van der Waals surface area contributed by atoms with Crippen molar-refractivity contribution in [3.8, 4) is 0 Å². The number of carbonyl (C=O) groups excluding carboxylic acids is 1. The minimum atomic E-state index is -4.00. The molecule has 1 aliphatic rings. The minimum Gasteiger partial charge on any atom is -0.379 e. The normalized spacial score (nSPS) is 15.1. The van der Waals surface area contributed by atoms with Crippen molar-refractivity contribution < 1.29 is 26.4 Å². The summed E-state index contributed by atoms with van der Waals surface area (Å²) in [4.78, 5) is 12.8. The van der Waals surface area contributed by atoms with Gasteiger partial charge in [-0.2, -0.15) is 9.40 Å². The fourth-order valence-electron chi connectivity index (χ4n) is 3.19. The first kappa shape index (κ1) is 24.2. The molecule has 1 aliphatic heterocycles. The summed E-state index contributed by atoms with van der Waals surface area (Å²) >= 11 is 5.80. The maximum Gasteiger partial charge on any atom is 0.263 e. The molecule has 3 N–H and O–H groups in total. The van der Waals surface area contributed by atoms with Gasteiger partial charge in [0.05, 0.1) is 29.2 Å². The van der Waals surface area contributed by atoms with E-state index in [-0.39, 0.29) is 34.3 Å². The van der Waals surface area contributed by atoms with E-state index in [9.17, 15) is 21.6 Å². The second-order valence-corrected chi connectivity index (χ2v) is 11.3. The van der Waals surface area contributed by atoms with Crippen molar-refractivity contribution in [2.24, 2.45) is 0 Å². The Hall–Kier alpha value is -2.97. The molecule has 1 aromatic heterocycles. The molecular weight excluding hydrogens is 506 g/mol. The van der Waals surface area contributed by atoms with Crippen molar-refractivity contribution in [3.63, 3.8) is 0 Å². The highest BCUT2D eigenvalue weighted by molar-refractivity contribution is 7.92. The van der Waals surface area contributed by atoms with Gasteiger partial charge in [0.2, 0.25) is 10.0 Å². The molecule has 0 spiro atoms. The number of morpholine rings is 1. The number of H-pyrrole nitrogens is 1. The predicted octanol–water partition coefficient (Wildman–Crippen LogP) is 2.14. The van der Waals surface area contributed by atoms with Crippen molar-refractivity contribution >= 4 is 49.1 Å². The van der Waals surface area contributed by atoms with Crippen molar-refractivity contribution in [1.29, 1.82) is 0 Å². The smallest absolute Gasteiger partial charge is 0.263 e. The van der Waals surface area contributed by atoms with Gasteiger partial charge in [0.1, 0.15) is 11.4 Å². The van der Waals surface area contributed by atoms with Gasteiger partial charge in [0.25, 0.3) is 15.9 Å². The number of sulfonamides is 2. The lowest BCUT2D eigenvalue weighted by atomic mass is 10.2. The average Bonchev–Trinajstić information content (AvgIpc) is 3.28. The van der Waals surface area contributed by atoms with Crippen LogP contribution in [0.4, 0.5) is 11.5 Å². The first-order valence-corrected chi connectivity index (χ1v) is 13.3. The predicted molar refractivity (Wildman–Crippen MR) is 125 cm³/mol. The van der Waals surface area contributed by atoms with E-state index in [1.54, 1.807) is 0 Å². The highest BCUT2D eigenvalue weighted by Gasteiger charge is 2.26. The summed E-state index contributed by atoms with van der Waals surface area (Å²) < 4.78 is 59.5. The van der Waals surface area contributed by atoms with Crippen LogP contribution in [0.25, 0.3) is 0 Å². The molecule has 0 bridgehead atoms. The lowest BCUT2D eigenvalue weighted by molar-refractivity contribution is 0.0730. The molecule has 1 fully saturated rings. The Kier molecular flexibility index (Phi) is 6.91. The molecule has 4 rings (SSSR count). The number of benzene rings is 2. The average molecular weight is 526 g/mol. The number of nitrogens with zero attached hydrogens (tertiary/aromatic N) is 2. The lowest BCUT2D eigenvalue weighted by Crippen LogP contribution is -2.40. The third-order valence-corrected chi connectivity index (χ3v) is 8.49. The summed E-state index contributed by atoms with van der Waals surface area (Å²) in [7, 11) is -7.67. The van der Waals surface area contributed by atoms with Crippen LogP contribution in [0.15, 0.2) is 64.5 Å². The molecule has 11 nitrogen and oxygen atoms in total. The van der Waals surface area contributed by atoms with E-state index in [0.717, 1.165) is 0 Å². The molecule has 1 saturated heterocycles. The summed E-state index contributed by atoms with van der Waals surface area (Å²) in [5.74, 6) is -0.773. The van der Waals surface area contributed by atoms with Gasteiger partial charge in [-0.15, -0.1) is 0 Å². The van der Waals surface area contributed by atoms with Gasteiger partial charge in [-0.25, -0.2) is 16.8 Å². The first-order valence-electron chi connectivity index (χ1n) is 9.98. The fraction of sp³-hybridized carbons (Fsp3) is 0.200. The highest BCUT2D eigenvalue weighted by atomic mass is 35.5. The van der Waals surface area contributed by atoms with Crippen LogP contribution in [0.2, 0.25) is 5.02 Å². The largest absolute Gasteiger partial charge is 0.379 e. The maximum absolute atomic E-state index is 12.7. The molecule has 2 aromatic carbocycles. The monoisotopic (exact) mass is 525 g/mol. The van der Waals surface area contributed by atoms with E-state index in [1.807, 2.05) is 0 Å². The molecule has 2 heterocycles. The minimum absolute atomic E-state index is 0.0464. The zero-order valence-corrected chi connectivity index (χ0v) is 20.0. The Balaban J connectivity index is 1.47. The van der Waals surface area contributed by atoms with Crippen LogP contribution < -0.4 is 10.0 Å². The number of aromatic amines is 1. The zero-order chi connectivity index (χ0) is 24.3. The molecule has 1 amide bonds. The second-order valence-electron chi connectivity index (χ2n) is 7.21. The number of carbonyl (C=O) groups is 1. The second kappa shape index (κ2) is 9.72. The van der Waals surface area contributed by atoms with Crippen LogP contribution in [-0.2, 0) is 24.8 Å². The molecule has 34 heavy (non-hydrogen) atoms. The Morgan fingerprint density at radius 1 is 0.971 bits per heavy atom. The number of halogens is 1. The molecule has 0 saturated carbocycles.